The van der Waals surface area contributed by atoms with Crippen LogP contribution in [-0.4, -0.2) is 87.2 Å². The Bertz CT molecular complexity index is 1730. The van der Waals surface area contributed by atoms with Crippen LogP contribution in [0.2, 0.25) is 0 Å². The van der Waals surface area contributed by atoms with Crippen molar-refractivity contribution in [2.45, 2.75) is 19.4 Å². The van der Waals surface area contributed by atoms with E-state index in [1.807, 2.05) is 18.3 Å². The molecule has 0 bridgehead atoms. The summed E-state index contributed by atoms with van der Waals surface area (Å²) >= 11 is 1.76. The van der Waals surface area contributed by atoms with Crippen LogP contribution in [0.4, 0.5) is 11.8 Å². The van der Waals surface area contributed by atoms with Crippen molar-refractivity contribution < 1.29 is 14.7 Å². The summed E-state index contributed by atoms with van der Waals surface area (Å²) in [6, 6.07) is 8.27. The number of hydrogen-bond acceptors (Lipinski definition) is 12. The number of fused-ring (bicyclic) bond motifs is 2. The van der Waals surface area contributed by atoms with Crippen molar-refractivity contribution >= 4 is 50.1 Å². The molecule has 1 amide bonds. The van der Waals surface area contributed by atoms with E-state index in [2.05, 4.69) is 47.4 Å². The second-order valence-electron chi connectivity index (χ2n) is 10.8. The first-order valence-electron chi connectivity index (χ1n) is 14.4. The molecule has 7 rings (SSSR count). The molecule has 222 valence electrons. The molecular weight excluding hydrogens is 568 g/mol. The topological polar surface area (TPSA) is 157 Å². The van der Waals surface area contributed by atoms with E-state index in [1.54, 1.807) is 16.8 Å². The van der Waals surface area contributed by atoms with Gasteiger partial charge in [-0.2, -0.15) is 5.10 Å². The van der Waals surface area contributed by atoms with E-state index in [1.165, 1.54) is 17.3 Å². The number of carbonyl (C=O) groups excluding carboxylic acids is 1. The monoisotopic (exact) mass is 600 g/mol. The normalized spacial score (nSPS) is 16.3. The zero-order valence-electron chi connectivity index (χ0n) is 23.5. The average molecular weight is 601 g/mol. The van der Waals surface area contributed by atoms with Gasteiger partial charge in [-0.3, -0.25) is 15.1 Å². The number of nitrogens with one attached hydrogen (secondary N) is 3. The maximum absolute atomic E-state index is 11.5. The molecule has 43 heavy (non-hydrogen) atoms. The first kappa shape index (κ1) is 27.6. The number of aromatic nitrogens is 6. The zero-order valence-corrected chi connectivity index (χ0v) is 24.3. The molecule has 0 unspecified atom stereocenters. The Balaban J connectivity index is 1.03. The number of hydrogen-bond donors (Lipinski definition) is 4. The zero-order chi connectivity index (χ0) is 29.2. The number of nitrogens with zero attached hydrogens (tertiary/aromatic N) is 7. The van der Waals surface area contributed by atoms with Gasteiger partial charge in [-0.15, -0.1) is 11.3 Å². The molecule has 2 aliphatic heterocycles. The van der Waals surface area contributed by atoms with Gasteiger partial charge in [0.15, 0.2) is 11.6 Å². The number of carbonyl (C=O) groups is 1. The Morgan fingerprint density at radius 1 is 1.07 bits per heavy atom. The number of thiophene rings is 1. The van der Waals surface area contributed by atoms with Gasteiger partial charge in [0.2, 0.25) is 5.95 Å². The summed E-state index contributed by atoms with van der Waals surface area (Å²) in [6.07, 6.45) is 6.75. The molecular formula is C29H32N10O3S. The first-order valence-corrected chi connectivity index (χ1v) is 15.3. The van der Waals surface area contributed by atoms with Crippen molar-refractivity contribution in [3.8, 4) is 11.4 Å². The first-order chi connectivity index (χ1) is 21.2. The number of benzene rings is 1. The Labute approximate surface area is 251 Å². The number of H-pyrrole nitrogens is 1. The highest BCUT2D eigenvalue weighted by Crippen LogP contribution is 2.36. The quantitative estimate of drug-likeness (QED) is 0.153. The largest absolute Gasteiger partial charge is 0.378 e. The Morgan fingerprint density at radius 2 is 1.88 bits per heavy atom. The lowest BCUT2D eigenvalue weighted by molar-refractivity contribution is 0.0705. The lowest BCUT2D eigenvalue weighted by Gasteiger charge is -2.32. The second kappa shape index (κ2) is 12.2. The average Bonchev–Trinajstić information content (AvgIpc) is 3.72. The molecule has 2 fully saturated rings. The number of rotatable bonds is 8. The van der Waals surface area contributed by atoms with Crippen molar-refractivity contribution in [1.29, 1.82) is 0 Å². The molecule has 13 nitrogen and oxygen atoms in total. The van der Waals surface area contributed by atoms with Crippen molar-refractivity contribution in [3.05, 3.63) is 53.3 Å². The minimum atomic E-state index is -0.619. The lowest BCUT2D eigenvalue weighted by atomic mass is 9.97. The van der Waals surface area contributed by atoms with E-state index < -0.39 is 5.91 Å². The predicted octanol–water partition coefficient (Wildman–Crippen LogP) is 2.99. The fourth-order valence-corrected chi connectivity index (χ4v) is 6.81. The summed E-state index contributed by atoms with van der Waals surface area (Å²) in [5.41, 5.74) is 4.72. The highest BCUT2D eigenvalue weighted by Gasteiger charge is 2.23. The van der Waals surface area contributed by atoms with Gasteiger partial charge >= 0.3 is 0 Å². The van der Waals surface area contributed by atoms with E-state index >= 15 is 0 Å². The molecule has 0 spiro atoms. The minimum Gasteiger partial charge on any atom is -0.378 e. The van der Waals surface area contributed by atoms with Gasteiger partial charge in [-0.25, -0.2) is 25.4 Å². The fourth-order valence-electron chi connectivity index (χ4n) is 5.73. The third-order valence-electron chi connectivity index (χ3n) is 8.07. The Hall–Kier alpha value is -4.24. The van der Waals surface area contributed by atoms with Crippen molar-refractivity contribution in [2.24, 2.45) is 5.92 Å². The van der Waals surface area contributed by atoms with Crippen LogP contribution < -0.4 is 20.6 Å². The smallest absolute Gasteiger partial charge is 0.277 e. The Kier molecular flexibility index (Phi) is 7.80. The molecule has 0 atom stereocenters. The molecule has 2 saturated heterocycles. The van der Waals surface area contributed by atoms with Gasteiger partial charge < -0.3 is 19.9 Å². The van der Waals surface area contributed by atoms with E-state index in [9.17, 15) is 4.79 Å². The molecule has 5 aromatic rings. The summed E-state index contributed by atoms with van der Waals surface area (Å²) in [5, 5.41) is 20.7. The van der Waals surface area contributed by atoms with Gasteiger partial charge in [0.05, 0.1) is 40.7 Å². The van der Waals surface area contributed by atoms with Crippen LogP contribution in [0.5, 0.6) is 0 Å². The molecule has 1 aromatic carbocycles. The van der Waals surface area contributed by atoms with Gasteiger partial charge in [0, 0.05) is 60.9 Å². The lowest BCUT2D eigenvalue weighted by Crippen LogP contribution is -2.38. The molecule has 4 N–H and O–H groups in total. The van der Waals surface area contributed by atoms with E-state index in [4.69, 9.17) is 19.9 Å². The Morgan fingerprint density at radius 3 is 2.67 bits per heavy atom. The molecule has 14 heteroatoms. The van der Waals surface area contributed by atoms with Gasteiger partial charge in [-0.1, -0.05) is 12.1 Å². The highest BCUT2D eigenvalue weighted by molar-refractivity contribution is 7.19. The van der Waals surface area contributed by atoms with Crippen molar-refractivity contribution in [3.63, 3.8) is 0 Å². The predicted molar refractivity (Wildman–Crippen MR) is 163 cm³/mol. The molecule has 0 aliphatic carbocycles. The van der Waals surface area contributed by atoms with Crippen LogP contribution >= 0.6 is 11.3 Å². The number of morpholine rings is 1. The van der Waals surface area contributed by atoms with Crippen LogP contribution in [0.25, 0.3) is 32.5 Å². The third kappa shape index (κ3) is 5.73. The van der Waals surface area contributed by atoms with E-state index in [0.29, 0.717) is 30.9 Å². The minimum absolute atomic E-state index is 0.223. The van der Waals surface area contributed by atoms with Crippen LogP contribution in [0, 0.1) is 5.92 Å². The molecule has 4 aromatic heterocycles. The molecule has 2 aliphatic rings. The number of amides is 1. The number of piperidine rings is 1. The standard InChI is InChI=1S/C29H32N10O3S/c40-28(37-41)19-14-31-29(32-15-19)39-6-4-18(5-7-39)13-30-16-20-12-24-25(43-20)27(38-8-10-42-11-9-38)35-26(34-24)21-2-1-3-23-22(21)17-33-36-23/h1-3,12,14-15,17-18,30,41H,4-11,13,16H2,(H,33,36)(H,37,40). The van der Waals surface area contributed by atoms with Crippen molar-refractivity contribution in [2.75, 3.05) is 55.7 Å². The van der Waals surface area contributed by atoms with Crippen LogP contribution in [0.3, 0.4) is 0 Å². The molecule has 0 radical (unpaired) electrons. The van der Waals surface area contributed by atoms with Crippen molar-refractivity contribution in [1.82, 2.24) is 40.9 Å². The molecule has 6 heterocycles. The maximum Gasteiger partial charge on any atom is 0.277 e. The second-order valence-corrected chi connectivity index (χ2v) is 11.9. The van der Waals surface area contributed by atoms with Crippen LogP contribution in [0.15, 0.2) is 42.9 Å². The van der Waals surface area contributed by atoms with E-state index in [0.717, 1.165) is 84.6 Å². The summed E-state index contributed by atoms with van der Waals surface area (Å²) in [7, 11) is 0. The summed E-state index contributed by atoms with van der Waals surface area (Å²) < 4.78 is 6.73. The van der Waals surface area contributed by atoms with Gasteiger partial charge in [0.1, 0.15) is 0 Å². The number of anilines is 2. The summed E-state index contributed by atoms with van der Waals surface area (Å²) in [6.45, 7) is 6.39. The van der Waals surface area contributed by atoms with Crippen LogP contribution in [-0.2, 0) is 11.3 Å². The molecule has 0 saturated carbocycles. The van der Waals surface area contributed by atoms with Crippen LogP contribution in [0.1, 0.15) is 28.1 Å². The summed E-state index contributed by atoms with van der Waals surface area (Å²) in [4.78, 5) is 35.9. The summed E-state index contributed by atoms with van der Waals surface area (Å²) in [5.74, 6) is 2.22. The number of ether oxygens (including phenoxy) is 1. The fraction of sp³-hybridized carbons (Fsp3) is 0.379. The van der Waals surface area contributed by atoms with Gasteiger partial charge in [-0.05, 0) is 37.4 Å². The van der Waals surface area contributed by atoms with Gasteiger partial charge in [0.25, 0.3) is 5.91 Å². The van der Waals surface area contributed by atoms with E-state index in [-0.39, 0.29) is 5.56 Å². The highest BCUT2D eigenvalue weighted by atomic mass is 32.1. The third-order valence-corrected chi connectivity index (χ3v) is 9.19. The SMILES string of the molecule is O=C(NO)c1cnc(N2CCC(CNCc3cc4nc(-c5cccc6[nH]ncc56)nc(N5CCOCC5)c4s3)CC2)nc1. The number of hydroxylamine groups is 1. The number of aromatic amines is 1. The maximum atomic E-state index is 11.5.